The minimum Gasteiger partial charge on any atom is -0.497 e. The highest BCUT2D eigenvalue weighted by Crippen LogP contribution is 2.28. The van der Waals surface area contributed by atoms with E-state index in [2.05, 4.69) is 10.3 Å². The van der Waals surface area contributed by atoms with Gasteiger partial charge in [0, 0.05) is 18.2 Å². The number of rotatable bonds is 9. The molecule has 9 heteroatoms. The van der Waals surface area contributed by atoms with Crippen molar-refractivity contribution in [3.63, 3.8) is 0 Å². The van der Waals surface area contributed by atoms with Crippen LogP contribution >= 0.6 is 0 Å². The van der Waals surface area contributed by atoms with Crippen molar-refractivity contribution in [2.24, 2.45) is 0 Å². The summed E-state index contributed by atoms with van der Waals surface area (Å²) in [6, 6.07) is 7.15. The van der Waals surface area contributed by atoms with E-state index in [4.69, 9.17) is 28.4 Å². The van der Waals surface area contributed by atoms with Crippen LogP contribution in [0.25, 0.3) is 10.9 Å². The number of ether oxygens (including phenoxy) is 6. The quantitative estimate of drug-likeness (QED) is 0.478. The molecule has 4 rings (SSSR count). The Balaban J connectivity index is 1.40. The number of benzene rings is 1. The van der Waals surface area contributed by atoms with Gasteiger partial charge in [0.1, 0.15) is 29.8 Å². The van der Waals surface area contributed by atoms with Crippen molar-refractivity contribution in [1.82, 2.24) is 10.3 Å². The number of carbonyl (C=O) groups excluding carboxylic acids is 1. The van der Waals surface area contributed by atoms with Crippen LogP contribution in [0.5, 0.6) is 11.5 Å². The van der Waals surface area contributed by atoms with Crippen LogP contribution in [0, 0.1) is 0 Å². The number of aromatic nitrogens is 1. The van der Waals surface area contributed by atoms with Gasteiger partial charge in [-0.3, -0.25) is 4.98 Å². The highest BCUT2D eigenvalue weighted by molar-refractivity contribution is 5.86. The minimum atomic E-state index is -0.591. The summed E-state index contributed by atoms with van der Waals surface area (Å²) in [5.41, 5.74) is 0.229. The summed E-state index contributed by atoms with van der Waals surface area (Å²) >= 11 is 0. The number of amides is 1. The van der Waals surface area contributed by atoms with Gasteiger partial charge in [-0.05, 0) is 70.7 Å². The van der Waals surface area contributed by atoms with Gasteiger partial charge in [-0.2, -0.15) is 0 Å². The Bertz CT molecular complexity index is 1060. The Labute approximate surface area is 218 Å². The van der Waals surface area contributed by atoms with Gasteiger partial charge < -0.3 is 33.7 Å². The molecule has 1 saturated heterocycles. The first-order valence-corrected chi connectivity index (χ1v) is 12.9. The average Bonchev–Trinajstić information content (AvgIpc) is 2.88. The molecule has 9 nitrogen and oxygen atoms in total. The van der Waals surface area contributed by atoms with E-state index < -0.39 is 11.7 Å². The molecule has 4 atom stereocenters. The summed E-state index contributed by atoms with van der Waals surface area (Å²) < 4.78 is 34.9. The van der Waals surface area contributed by atoms with Gasteiger partial charge in [-0.15, -0.1) is 0 Å². The number of nitrogens with one attached hydrogen (secondary N) is 1. The van der Waals surface area contributed by atoms with Crippen molar-refractivity contribution < 1.29 is 33.2 Å². The number of fused-ring (bicyclic) bond motifs is 1. The maximum absolute atomic E-state index is 12.4. The molecule has 202 valence electrons. The zero-order chi connectivity index (χ0) is 26.3. The predicted molar refractivity (Wildman–Crippen MR) is 139 cm³/mol. The third-order valence-electron chi connectivity index (χ3n) is 6.12. The molecule has 1 aromatic heterocycles. The van der Waals surface area contributed by atoms with Crippen LogP contribution in [-0.2, 0) is 18.9 Å². The molecule has 2 aromatic rings. The molecule has 0 spiro atoms. The third kappa shape index (κ3) is 8.05. The Morgan fingerprint density at radius 1 is 1.19 bits per heavy atom. The second-order valence-corrected chi connectivity index (χ2v) is 10.2. The van der Waals surface area contributed by atoms with E-state index in [0.29, 0.717) is 25.4 Å². The summed E-state index contributed by atoms with van der Waals surface area (Å²) in [7, 11) is 1.63. The largest absolute Gasteiger partial charge is 0.497 e. The second-order valence-electron chi connectivity index (χ2n) is 10.2. The van der Waals surface area contributed by atoms with E-state index in [-0.39, 0.29) is 24.5 Å². The zero-order valence-electron chi connectivity index (χ0n) is 22.1. The van der Waals surface area contributed by atoms with Crippen molar-refractivity contribution in [3.8, 4) is 11.5 Å². The van der Waals surface area contributed by atoms with Crippen molar-refractivity contribution in [3.05, 3.63) is 42.6 Å². The lowest BCUT2D eigenvalue weighted by molar-refractivity contribution is -0.168. The number of methoxy groups -OCH3 is 1. The van der Waals surface area contributed by atoms with Crippen LogP contribution in [0.1, 0.15) is 46.5 Å². The molecule has 0 bridgehead atoms. The SMILES string of the molecule is COc1ccc2nccc(OC[C@@H]3C=C[C@@H](NC(=O)OC(C)(C)C)[C@@H](CCOC4CCCCO4)O3)c2c1. The number of pyridine rings is 1. The van der Waals surface area contributed by atoms with Crippen molar-refractivity contribution in [1.29, 1.82) is 0 Å². The van der Waals surface area contributed by atoms with Gasteiger partial charge in [0.05, 0.1) is 31.4 Å². The molecule has 0 aliphatic carbocycles. The predicted octanol–water partition coefficient (Wildman–Crippen LogP) is 4.77. The molecule has 1 N–H and O–H groups in total. The van der Waals surface area contributed by atoms with E-state index in [1.165, 1.54) is 0 Å². The fourth-order valence-corrected chi connectivity index (χ4v) is 4.33. The first-order valence-electron chi connectivity index (χ1n) is 12.9. The van der Waals surface area contributed by atoms with E-state index in [9.17, 15) is 4.79 Å². The summed E-state index contributed by atoms with van der Waals surface area (Å²) in [6.07, 6.45) is 7.93. The Morgan fingerprint density at radius 3 is 2.81 bits per heavy atom. The van der Waals surface area contributed by atoms with Gasteiger partial charge in [0.2, 0.25) is 0 Å². The number of carbonyl (C=O) groups is 1. The monoisotopic (exact) mass is 514 g/mol. The second kappa shape index (κ2) is 12.6. The van der Waals surface area contributed by atoms with E-state index in [0.717, 1.165) is 42.5 Å². The Kier molecular flexibility index (Phi) is 9.23. The van der Waals surface area contributed by atoms with E-state index in [1.807, 2.05) is 57.2 Å². The van der Waals surface area contributed by atoms with Crippen LogP contribution in [0.2, 0.25) is 0 Å². The van der Waals surface area contributed by atoms with Crippen molar-refractivity contribution >= 4 is 17.0 Å². The average molecular weight is 515 g/mol. The van der Waals surface area contributed by atoms with Crippen molar-refractivity contribution in [2.45, 2.75) is 76.6 Å². The zero-order valence-corrected chi connectivity index (χ0v) is 22.1. The van der Waals surface area contributed by atoms with Crippen LogP contribution in [0.4, 0.5) is 4.79 Å². The molecule has 2 aliphatic rings. The van der Waals surface area contributed by atoms with Crippen LogP contribution < -0.4 is 14.8 Å². The number of nitrogens with zero attached hydrogens (tertiary/aromatic N) is 1. The van der Waals surface area contributed by atoms with Crippen molar-refractivity contribution in [2.75, 3.05) is 26.9 Å². The number of hydrogen-bond donors (Lipinski definition) is 1. The lowest BCUT2D eigenvalue weighted by Gasteiger charge is -2.34. The molecular weight excluding hydrogens is 476 g/mol. The molecule has 0 radical (unpaired) electrons. The lowest BCUT2D eigenvalue weighted by Crippen LogP contribution is -2.49. The van der Waals surface area contributed by atoms with Gasteiger partial charge in [0.25, 0.3) is 0 Å². The minimum absolute atomic E-state index is 0.179. The maximum Gasteiger partial charge on any atom is 0.408 e. The molecule has 1 unspecified atom stereocenters. The first kappa shape index (κ1) is 27.2. The summed E-state index contributed by atoms with van der Waals surface area (Å²) in [5, 5.41) is 3.79. The van der Waals surface area contributed by atoms with Crippen LogP contribution in [0.3, 0.4) is 0 Å². The molecule has 37 heavy (non-hydrogen) atoms. The fraction of sp³-hybridized carbons (Fsp3) is 0.571. The van der Waals surface area contributed by atoms with Gasteiger partial charge in [-0.25, -0.2) is 4.79 Å². The van der Waals surface area contributed by atoms with Crippen LogP contribution in [0.15, 0.2) is 42.6 Å². The molecule has 2 aliphatic heterocycles. The fourth-order valence-electron chi connectivity index (χ4n) is 4.33. The molecular formula is C28H38N2O7. The van der Waals surface area contributed by atoms with Crippen LogP contribution in [-0.4, -0.2) is 68.1 Å². The standard InChI is InChI=1S/C28H38N2O7/c1-28(2,3)37-27(31)30-23-11-9-20(36-25(23)13-16-34-26-7-5-6-15-33-26)18-35-24-12-14-29-22-10-8-19(32-4)17-21(22)24/h8-12,14,17,20,23,25-26H,5-7,13,15-16,18H2,1-4H3,(H,30,31)/t20-,23+,25+,26?/m0/s1. The lowest BCUT2D eigenvalue weighted by atomic mass is 10.0. The van der Waals surface area contributed by atoms with Gasteiger partial charge >= 0.3 is 6.09 Å². The summed E-state index contributed by atoms with van der Waals surface area (Å²) in [4.78, 5) is 16.8. The van der Waals surface area contributed by atoms with E-state index in [1.54, 1.807) is 13.3 Å². The summed E-state index contributed by atoms with van der Waals surface area (Å²) in [5.74, 6) is 1.43. The molecule has 1 amide bonds. The number of hydrogen-bond acceptors (Lipinski definition) is 8. The normalized spacial score (nSPS) is 24.0. The molecule has 1 fully saturated rings. The Morgan fingerprint density at radius 2 is 2.05 bits per heavy atom. The summed E-state index contributed by atoms with van der Waals surface area (Å²) in [6.45, 7) is 6.99. The topological polar surface area (TPSA) is 97.4 Å². The first-order chi connectivity index (χ1) is 17.8. The molecule has 0 saturated carbocycles. The molecule has 3 heterocycles. The van der Waals surface area contributed by atoms with Gasteiger partial charge in [0.15, 0.2) is 6.29 Å². The third-order valence-corrected chi connectivity index (χ3v) is 6.12. The maximum atomic E-state index is 12.4. The molecule has 1 aromatic carbocycles. The van der Waals surface area contributed by atoms with Gasteiger partial charge in [-0.1, -0.05) is 12.2 Å². The highest BCUT2D eigenvalue weighted by Gasteiger charge is 2.30. The van der Waals surface area contributed by atoms with E-state index >= 15 is 0 Å². The Hall–Kier alpha value is -2.88. The number of alkyl carbamates (subject to hydrolysis) is 1. The highest BCUT2D eigenvalue weighted by atomic mass is 16.7. The smallest absolute Gasteiger partial charge is 0.408 e.